The van der Waals surface area contributed by atoms with Crippen molar-refractivity contribution in [1.82, 2.24) is 0 Å². The Balaban J connectivity index is 1.66. The van der Waals surface area contributed by atoms with Crippen LogP contribution in [0.4, 0.5) is 17.1 Å². The Kier molecular flexibility index (Phi) is 4.02. The van der Waals surface area contributed by atoms with Crippen LogP contribution in [0, 0.1) is 13.8 Å². The lowest BCUT2D eigenvalue weighted by Crippen LogP contribution is -2.18. The highest BCUT2D eigenvalue weighted by Gasteiger charge is 2.23. The molecule has 0 saturated heterocycles. The number of anilines is 3. The predicted molar refractivity (Wildman–Crippen MR) is 119 cm³/mol. The number of aryl methyl sites for hydroxylation is 2. The molecular formula is C27H23N. The average molecular weight is 361 g/mol. The van der Waals surface area contributed by atoms with E-state index in [1.807, 2.05) is 0 Å². The van der Waals surface area contributed by atoms with E-state index in [0.29, 0.717) is 0 Å². The molecular weight excluding hydrogens is 338 g/mol. The van der Waals surface area contributed by atoms with Crippen molar-refractivity contribution in [2.75, 3.05) is 4.90 Å². The van der Waals surface area contributed by atoms with Gasteiger partial charge in [0.2, 0.25) is 0 Å². The summed E-state index contributed by atoms with van der Waals surface area (Å²) in [5.41, 5.74) is 11.8. The van der Waals surface area contributed by atoms with Crippen LogP contribution in [0.5, 0.6) is 0 Å². The van der Waals surface area contributed by atoms with Crippen molar-refractivity contribution in [3.8, 4) is 11.1 Å². The molecule has 0 fully saturated rings. The second-order valence-electron chi connectivity index (χ2n) is 7.58. The van der Waals surface area contributed by atoms with Crippen molar-refractivity contribution in [2.45, 2.75) is 20.3 Å². The first-order valence-electron chi connectivity index (χ1n) is 9.85. The molecule has 28 heavy (non-hydrogen) atoms. The van der Waals surface area contributed by atoms with E-state index in [1.165, 1.54) is 50.4 Å². The van der Waals surface area contributed by atoms with Crippen LogP contribution in [0.15, 0.2) is 91.0 Å². The van der Waals surface area contributed by atoms with Gasteiger partial charge in [-0.15, -0.1) is 0 Å². The van der Waals surface area contributed by atoms with E-state index in [1.54, 1.807) is 0 Å². The van der Waals surface area contributed by atoms with E-state index in [2.05, 4.69) is 110 Å². The second kappa shape index (κ2) is 6.69. The van der Waals surface area contributed by atoms with Crippen molar-refractivity contribution < 1.29 is 0 Å². The summed E-state index contributed by atoms with van der Waals surface area (Å²) in [4.78, 5) is 2.41. The molecule has 0 aliphatic carbocycles. The van der Waals surface area contributed by atoms with E-state index in [9.17, 15) is 0 Å². The molecule has 0 radical (unpaired) electrons. The molecule has 4 aromatic rings. The summed E-state index contributed by atoms with van der Waals surface area (Å²) < 4.78 is 0. The lowest BCUT2D eigenvalue weighted by molar-refractivity contribution is 1.09. The van der Waals surface area contributed by atoms with Gasteiger partial charge in [0.1, 0.15) is 0 Å². The first-order valence-corrected chi connectivity index (χ1v) is 9.85. The summed E-state index contributed by atoms with van der Waals surface area (Å²) in [7, 11) is 0. The van der Waals surface area contributed by atoms with E-state index < -0.39 is 0 Å². The van der Waals surface area contributed by atoms with Crippen LogP contribution < -0.4 is 4.90 Å². The molecule has 0 spiro atoms. The van der Waals surface area contributed by atoms with Gasteiger partial charge in [-0.25, -0.2) is 0 Å². The van der Waals surface area contributed by atoms with Gasteiger partial charge in [-0.1, -0.05) is 66.7 Å². The highest BCUT2D eigenvalue weighted by molar-refractivity contribution is 5.85. The zero-order valence-corrected chi connectivity index (χ0v) is 16.3. The fourth-order valence-corrected chi connectivity index (χ4v) is 4.33. The number of nitrogens with zero attached hydrogens (tertiary/aromatic N) is 1. The maximum Gasteiger partial charge on any atom is 0.0497 e. The summed E-state index contributed by atoms with van der Waals surface area (Å²) in [5.74, 6) is 0. The number of hydrogen-bond donors (Lipinski definition) is 0. The minimum absolute atomic E-state index is 0.989. The lowest BCUT2D eigenvalue weighted by atomic mass is 9.93. The topological polar surface area (TPSA) is 3.24 Å². The molecule has 0 aromatic heterocycles. The smallest absolute Gasteiger partial charge is 0.0497 e. The molecule has 1 aliphatic rings. The number of hydrogen-bond acceptors (Lipinski definition) is 1. The summed E-state index contributed by atoms with van der Waals surface area (Å²) in [6.07, 6.45) is 0.989. The average Bonchev–Trinajstić information content (AvgIpc) is 2.72. The zero-order chi connectivity index (χ0) is 19.1. The van der Waals surface area contributed by atoms with Gasteiger partial charge < -0.3 is 4.90 Å². The summed E-state index contributed by atoms with van der Waals surface area (Å²) in [6, 6.07) is 32.9. The van der Waals surface area contributed by atoms with Gasteiger partial charge in [0.05, 0.1) is 0 Å². The van der Waals surface area contributed by atoms with Gasteiger partial charge in [0, 0.05) is 23.5 Å². The number of para-hydroxylation sites is 2. The van der Waals surface area contributed by atoms with Crippen LogP contribution in [0.1, 0.15) is 22.3 Å². The monoisotopic (exact) mass is 361 g/mol. The maximum absolute atomic E-state index is 2.41. The van der Waals surface area contributed by atoms with E-state index in [4.69, 9.17) is 0 Å². The molecule has 1 nitrogen and oxygen atoms in total. The minimum atomic E-state index is 0.989. The number of fused-ring (bicyclic) bond motifs is 2. The molecule has 0 atom stereocenters. The van der Waals surface area contributed by atoms with Gasteiger partial charge >= 0.3 is 0 Å². The van der Waals surface area contributed by atoms with Crippen LogP contribution in [0.3, 0.4) is 0 Å². The van der Waals surface area contributed by atoms with Gasteiger partial charge in [-0.2, -0.15) is 0 Å². The largest absolute Gasteiger partial charge is 0.310 e. The van der Waals surface area contributed by atoms with Crippen LogP contribution in [-0.2, 0) is 6.42 Å². The highest BCUT2D eigenvalue weighted by atomic mass is 15.2. The first kappa shape index (κ1) is 16.8. The van der Waals surface area contributed by atoms with E-state index >= 15 is 0 Å². The van der Waals surface area contributed by atoms with Gasteiger partial charge in [-0.3, -0.25) is 0 Å². The van der Waals surface area contributed by atoms with Crippen molar-refractivity contribution in [1.29, 1.82) is 0 Å². The molecule has 0 saturated carbocycles. The van der Waals surface area contributed by atoms with Crippen molar-refractivity contribution >= 4 is 17.1 Å². The van der Waals surface area contributed by atoms with Crippen molar-refractivity contribution in [3.05, 3.63) is 113 Å². The third-order valence-electron chi connectivity index (χ3n) is 5.75. The summed E-state index contributed by atoms with van der Waals surface area (Å²) in [6.45, 7) is 4.40. The van der Waals surface area contributed by atoms with Gasteiger partial charge in [0.25, 0.3) is 0 Å². The minimum Gasteiger partial charge on any atom is -0.310 e. The Morgan fingerprint density at radius 1 is 0.571 bits per heavy atom. The van der Waals surface area contributed by atoms with Gasteiger partial charge in [-0.05, 0) is 71.5 Å². The quantitative estimate of drug-likeness (QED) is 0.318. The Morgan fingerprint density at radius 3 is 1.79 bits per heavy atom. The van der Waals surface area contributed by atoms with Crippen LogP contribution in [0.25, 0.3) is 11.1 Å². The standard InChI is InChI=1S/C27H23N/c1-19-9-3-6-12-24(19)25-16-15-23(17-20(25)2)28-26-13-7-4-10-21(26)18-22-11-5-8-14-27(22)28/h3-17H,18H2,1-2H3. The number of rotatable bonds is 2. The van der Waals surface area contributed by atoms with Gasteiger partial charge in [0.15, 0.2) is 0 Å². The van der Waals surface area contributed by atoms with E-state index in [0.717, 1.165) is 6.42 Å². The van der Waals surface area contributed by atoms with Crippen LogP contribution in [-0.4, -0.2) is 0 Å². The molecule has 0 amide bonds. The van der Waals surface area contributed by atoms with Crippen LogP contribution in [0.2, 0.25) is 0 Å². The normalized spacial score (nSPS) is 12.4. The highest BCUT2D eigenvalue weighted by Crippen LogP contribution is 2.44. The summed E-state index contributed by atoms with van der Waals surface area (Å²) >= 11 is 0. The van der Waals surface area contributed by atoms with Crippen molar-refractivity contribution in [3.63, 3.8) is 0 Å². The predicted octanol–water partition coefficient (Wildman–Crippen LogP) is 7.34. The lowest BCUT2D eigenvalue weighted by Gasteiger charge is -2.33. The Morgan fingerprint density at radius 2 is 1.14 bits per heavy atom. The molecule has 1 heterocycles. The Labute approximate surface area is 166 Å². The molecule has 5 rings (SSSR count). The fourth-order valence-electron chi connectivity index (χ4n) is 4.33. The fraction of sp³-hybridized carbons (Fsp3) is 0.111. The summed E-state index contributed by atoms with van der Waals surface area (Å²) in [5, 5.41) is 0. The first-order chi connectivity index (χ1) is 13.7. The molecule has 1 aliphatic heterocycles. The molecule has 0 N–H and O–H groups in total. The third-order valence-corrected chi connectivity index (χ3v) is 5.75. The zero-order valence-electron chi connectivity index (χ0n) is 16.3. The molecule has 1 heteroatoms. The number of benzene rings is 4. The Hall–Kier alpha value is -3.32. The SMILES string of the molecule is Cc1ccccc1-c1ccc(N2c3ccccc3Cc3ccccc32)cc1C. The van der Waals surface area contributed by atoms with Crippen LogP contribution >= 0.6 is 0 Å². The Bertz CT molecular complexity index is 1130. The molecule has 4 aromatic carbocycles. The maximum atomic E-state index is 2.41. The second-order valence-corrected chi connectivity index (χ2v) is 7.58. The molecule has 136 valence electrons. The van der Waals surface area contributed by atoms with Crippen molar-refractivity contribution in [2.24, 2.45) is 0 Å². The third kappa shape index (κ3) is 2.71. The molecule has 0 bridgehead atoms. The van der Waals surface area contributed by atoms with E-state index in [-0.39, 0.29) is 0 Å². The molecule has 0 unspecified atom stereocenters.